The van der Waals surface area contributed by atoms with Crippen molar-refractivity contribution >= 4 is 39.5 Å². The van der Waals surface area contributed by atoms with Gasteiger partial charge in [0.2, 0.25) is 0 Å². The quantitative estimate of drug-likeness (QED) is 0.0222. The molecular formula is C81H158O17P2. The van der Waals surface area contributed by atoms with E-state index in [9.17, 15) is 43.2 Å². The van der Waals surface area contributed by atoms with Crippen LogP contribution in [-0.2, 0) is 65.4 Å². The summed E-state index contributed by atoms with van der Waals surface area (Å²) >= 11 is 0. The zero-order chi connectivity index (χ0) is 73.5. The Morgan fingerprint density at radius 3 is 0.760 bits per heavy atom. The second-order valence-electron chi connectivity index (χ2n) is 29.9. The molecular weight excluding hydrogens is 1310 g/mol. The van der Waals surface area contributed by atoms with Gasteiger partial charge < -0.3 is 33.8 Å². The zero-order valence-corrected chi connectivity index (χ0v) is 67.3. The smallest absolute Gasteiger partial charge is 0.462 e. The molecule has 0 aromatic carbocycles. The van der Waals surface area contributed by atoms with Crippen LogP contribution < -0.4 is 0 Å². The number of aliphatic hydroxyl groups is 1. The molecule has 3 unspecified atom stereocenters. The van der Waals surface area contributed by atoms with E-state index in [1.54, 1.807) is 0 Å². The van der Waals surface area contributed by atoms with Crippen LogP contribution in [0.1, 0.15) is 427 Å². The van der Waals surface area contributed by atoms with Gasteiger partial charge in [-0.05, 0) is 37.5 Å². The molecule has 0 saturated heterocycles. The number of hydrogen-bond acceptors (Lipinski definition) is 15. The van der Waals surface area contributed by atoms with Crippen LogP contribution in [0.5, 0.6) is 0 Å². The minimum absolute atomic E-state index is 0.107. The highest BCUT2D eigenvalue weighted by Gasteiger charge is 2.30. The fraction of sp³-hybridized carbons (Fsp3) is 0.951. The van der Waals surface area contributed by atoms with Gasteiger partial charge in [0.1, 0.15) is 19.3 Å². The lowest BCUT2D eigenvalue weighted by molar-refractivity contribution is -0.161. The lowest BCUT2D eigenvalue weighted by Gasteiger charge is -2.21. The molecule has 6 atom stereocenters. The van der Waals surface area contributed by atoms with Gasteiger partial charge >= 0.3 is 39.5 Å². The van der Waals surface area contributed by atoms with E-state index in [0.717, 1.165) is 102 Å². The Hall–Kier alpha value is -1.94. The van der Waals surface area contributed by atoms with Crippen LogP contribution in [0.2, 0.25) is 0 Å². The van der Waals surface area contributed by atoms with Gasteiger partial charge in [-0.2, -0.15) is 0 Å². The Morgan fingerprint density at radius 1 is 0.290 bits per heavy atom. The van der Waals surface area contributed by atoms with E-state index in [1.165, 1.54) is 244 Å². The first-order chi connectivity index (χ1) is 48.4. The second-order valence-corrected chi connectivity index (χ2v) is 32.8. The number of unbranched alkanes of at least 4 members (excludes halogenated alkanes) is 49. The number of rotatable bonds is 80. The molecule has 0 aliphatic rings. The predicted octanol–water partition coefficient (Wildman–Crippen LogP) is 24.3. The summed E-state index contributed by atoms with van der Waals surface area (Å²) in [6, 6.07) is 0. The van der Waals surface area contributed by atoms with Crippen molar-refractivity contribution in [3.8, 4) is 0 Å². The SMILES string of the molecule is CCCCCCCCCCCCCCCCCCCC(=O)OC[C@H](COP(=O)(O)OC[C@@H](O)COP(=O)(O)OC[C@@H](COC(=O)CCCCCCCCCCCC)OC(=O)CCCCCCCCCCCCCCC(C)C)OC(=O)CCCCCCCCCCCCCCCCC(C)CC. The fourth-order valence-corrected chi connectivity index (χ4v) is 14.1. The maximum atomic E-state index is 13.1. The van der Waals surface area contributed by atoms with E-state index in [-0.39, 0.29) is 25.7 Å². The van der Waals surface area contributed by atoms with E-state index in [1.807, 2.05) is 0 Å². The number of aliphatic hydroxyl groups excluding tert-OH is 1. The minimum Gasteiger partial charge on any atom is -0.462 e. The average Bonchev–Trinajstić information content (AvgIpc) is 0.952. The molecule has 0 rings (SSSR count). The zero-order valence-electron chi connectivity index (χ0n) is 65.5. The van der Waals surface area contributed by atoms with Gasteiger partial charge in [-0.25, -0.2) is 9.13 Å². The van der Waals surface area contributed by atoms with Gasteiger partial charge in [0, 0.05) is 25.7 Å². The third-order valence-electron chi connectivity index (χ3n) is 19.3. The Balaban J connectivity index is 5.24. The van der Waals surface area contributed by atoms with Crippen LogP contribution in [0.25, 0.3) is 0 Å². The number of hydrogen-bond donors (Lipinski definition) is 3. The number of carbonyl (C=O) groups excluding carboxylic acids is 4. The van der Waals surface area contributed by atoms with Crippen molar-refractivity contribution in [1.82, 2.24) is 0 Å². The molecule has 0 amide bonds. The molecule has 100 heavy (non-hydrogen) atoms. The normalized spacial score (nSPS) is 14.2. The van der Waals surface area contributed by atoms with Gasteiger partial charge in [0.15, 0.2) is 12.2 Å². The summed E-state index contributed by atoms with van der Waals surface area (Å²) < 4.78 is 68.7. The van der Waals surface area contributed by atoms with E-state index < -0.39 is 97.5 Å². The summed E-state index contributed by atoms with van der Waals surface area (Å²) in [5.74, 6) is -0.485. The molecule has 0 aromatic heterocycles. The first-order valence-corrected chi connectivity index (χ1v) is 45.0. The van der Waals surface area contributed by atoms with Gasteiger partial charge in [-0.3, -0.25) is 37.3 Å². The summed E-state index contributed by atoms with van der Waals surface area (Å²) in [5, 5.41) is 10.6. The molecule has 0 radical (unpaired) electrons. The highest BCUT2D eigenvalue weighted by Crippen LogP contribution is 2.45. The Bertz CT molecular complexity index is 1930. The largest absolute Gasteiger partial charge is 0.472 e. The first kappa shape index (κ1) is 98.1. The third kappa shape index (κ3) is 73.0. The van der Waals surface area contributed by atoms with Gasteiger partial charge in [-0.15, -0.1) is 0 Å². The number of phosphoric ester groups is 2. The van der Waals surface area contributed by atoms with Crippen molar-refractivity contribution in [3.05, 3.63) is 0 Å². The lowest BCUT2D eigenvalue weighted by atomic mass is 9.99. The fourth-order valence-electron chi connectivity index (χ4n) is 12.5. The van der Waals surface area contributed by atoms with Crippen LogP contribution in [0.3, 0.4) is 0 Å². The highest BCUT2D eigenvalue weighted by molar-refractivity contribution is 7.47. The summed E-state index contributed by atoms with van der Waals surface area (Å²) in [6.45, 7) is 9.69. The molecule has 0 saturated carbocycles. The van der Waals surface area contributed by atoms with Crippen LogP contribution in [0, 0.1) is 11.8 Å². The maximum Gasteiger partial charge on any atom is 0.472 e. The summed E-state index contributed by atoms with van der Waals surface area (Å²) in [6.07, 6.45) is 62.3. The number of ether oxygens (including phenoxy) is 4. The Kier molecular flexibility index (Phi) is 71.2. The minimum atomic E-state index is -4.96. The molecule has 19 heteroatoms. The molecule has 3 N–H and O–H groups in total. The summed E-state index contributed by atoms with van der Waals surface area (Å²) in [4.78, 5) is 73.0. The van der Waals surface area contributed by atoms with Crippen molar-refractivity contribution in [2.75, 3.05) is 39.6 Å². The number of carbonyl (C=O) groups is 4. The Morgan fingerprint density at radius 2 is 0.510 bits per heavy atom. The first-order valence-electron chi connectivity index (χ1n) is 42.0. The standard InChI is InChI=1S/C81H158O17P2/c1-7-10-12-14-16-18-20-21-22-23-24-28-34-40-46-52-58-64-79(84)92-70-77(98-80(85)65-59-53-47-41-35-29-26-25-27-33-38-44-50-56-62-74(6)9-3)72-96-100(89,90)94-68-75(82)67-93-99(87,88)95-71-76(69-91-78(83)63-57-51-45-39-19-17-15-13-11-8-2)97-81(86)66-60-54-48-42-36-31-30-32-37-43-49-55-61-73(4)5/h73-77,82H,7-72H2,1-6H3,(H,87,88)(H,89,90)/t74?,75-,76+,77+/m0/s1. The molecule has 0 aromatic rings. The number of esters is 4. The van der Waals surface area contributed by atoms with Crippen molar-refractivity contribution in [2.45, 2.75) is 445 Å². The topological polar surface area (TPSA) is 237 Å². The molecule has 0 aliphatic heterocycles. The van der Waals surface area contributed by atoms with Gasteiger partial charge in [0.05, 0.1) is 26.4 Å². The predicted molar refractivity (Wildman–Crippen MR) is 409 cm³/mol. The van der Waals surface area contributed by atoms with E-state index in [0.29, 0.717) is 25.7 Å². The summed E-state index contributed by atoms with van der Waals surface area (Å²) in [5.41, 5.74) is 0. The summed E-state index contributed by atoms with van der Waals surface area (Å²) in [7, 11) is -9.92. The molecule has 0 spiro atoms. The maximum absolute atomic E-state index is 13.1. The average molecular weight is 1470 g/mol. The third-order valence-corrected chi connectivity index (χ3v) is 21.2. The molecule has 0 aliphatic carbocycles. The van der Waals surface area contributed by atoms with E-state index in [2.05, 4.69) is 41.5 Å². The van der Waals surface area contributed by atoms with Crippen LogP contribution >= 0.6 is 15.6 Å². The van der Waals surface area contributed by atoms with Crippen LogP contribution in [0.15, 0.2) is 0 Å². The second kappa shape index (κ2) is 72.6. The highest BCUT2D eigenvalue weighted by atomic mass is 31.2. The Labute approximate surface area is 613 Å². The molecule has 594 valence electrons. The molecule has 0 bridgehead atoms. The van der Waals surface area contributed by atoms with E-state index in [4.69, 9.17) is 37.0 Å². The number of phosphoric acid groups is 2. The van der Waals surface area contributed by atoms with E-state index >= 15 is 0 Å². The van der Waals surface area contributed by atoms with Crippen LogP contribution in [0.4, 0.5) is 0 Å². The van der Waals surface area contributed by atoms with Crippen molar-refractivity contribution in [3.63, 3.8) is 0 Å². The van der Waals surface area contributed by atoms with Crippen molar-refractivity contribution in [1.29, 1.82) is 0 Å². The van der Waals surface area contributed by atoms with Crippen molar-refractivity contribution < 1.29 is 80.2 Å². The van der Waals surface area contributed by atoms with Crippen LogP contribution in [-0.4, -0.2) is 96.7 Å². The monoisotopic (exact) mass is 1470 g/mol. The molecule has 17 nitrogen and oxygen atoms in total. The van der Waals surface area contributed by atoms with Gasteiger partial charge in [-0.1, -0.05) is 375 Å². The van der Waals surface area contributed by atoms with Gasteiger partial charge in [0.25, 0.3) is 0 Å². The molecule has 0 fully saturated rings. The lowest BCUT2D eigenvalue weighted by Crippen LogP contribution is -2.30. The molecule has 0 heterocycles. The van der Waals surface area contributed by atoms with Crippen molar-refractivity contribution in [2.24, 2.45) is 11.8 Å².